The Balaban J connectivity index is 2.16. The Bertz CT molecular complexity index is 589. The van der Waals surface area contributed by atoms with Gasteiger partial charge in [-0.2, -0.15) is 0 Å². The molecule has 2 nitrogen and oxygen atoms in total. The number of rotatable bonds is 7. The van der Waals surface area contributed by atoms with Crippen LogP contribution in [0.5, 0.6) is 5.75 Å². The van der Waals surface area contributed by atoms with Crippen LogP contribution in [0.15, 0.2) is 42.5 Å². The van der Waals surface area contributed by atoms with E-state index < -0.39 is 0 Å². The van der Waals surface area contributed by atoms with Gasteiger partial charge in [0, 0.05) is 5.92 Å². The van der Waals surface area contributed by atoms with Crippen LogP contribution in [0.3, 0.4) is 0 Å². The maximum Gasteiger partial charge on any atom is 0.119 e. The van der Waals surface area contributed by atoms with E-state index in [1.54, 1.807) is 0 Å². The molecule has 118 valence electrons. The number of nitrogens with two attached hydrogens (primary N) is 1. The summed E-state index contributed by atoms with van der Waals surface area (Å²) in [7, 11) is 0. The predicted molar refractivity (Wildman–Crippen MR) is 93.7 cm³/mol. The minimum absolute atomic E-state index is 0.350. The van der Waals surface area contributed by atoms with Gasteiger partial charge >= 0.3 is 0 Å². The molecule has 2 rings (SSSR count). The first kappa shape index (κ1) is 16.6. The summed E-state index contributed by atoms with van der Waals surface area (Å²) in [5.74, 6) is 1.29. The highest BCUT2D eigenvalue weighted by molar-refractivity contribution is 5.38. The van der Waals surface area contributed by atoms with E-state index in [1.165, 1.54) is 22.3 Å². The summed E-state index contributed by atoms with van der Waals surface area (Å²) >= 11 is 0. The molecule has 1 atom stereocenters. The Kier molecular flexibility index (Phi) is 6.02. The van der Waals surface area contributed by atoms with Gasteiger partial charge in [-0.25, -0.2) is 0 Å². The lowest BCUT2D eigenvalue weighted by Gasteiger charge is -2.19. The third kappa shape index (κ3) is 4.11. The topological polar surface area (TPSA) is 35.2 Å². The molecule has 0 aromatic heterocycles. The third-order valence-corrected chi connectivity index (χ3v) is 4.19. The lowest BCUT2D eigenvalue weighted by Crippen LogP contribution is -2.16. The molecule has 1 unspecified atom stereocenters. The van der Waals surface area contributed by atoms with Crippen LogP contribution >= 0.6 is 0 Å². The second-order valence-corrected chi connectivity index (χ2v) is 5.76. The summed E-state index contributed by atoms with van der Waals surface area (Å²) in [6.45, 7) is 7.68. The fraction of sp³-hybridized carbons (Fsp3) is 0.400. The van der Waals surface area contributed by atoms with Crippen LogP contribution in [-0.2, 0) is 12.8 Å². The number of hydrogen-bond donors (Lipinski definition) is 1. The average Bonchev–Trinajstić information content (AvgIpc) is 2.54. The van der Waals surface area contributed by atoms with E-state index in [-0.39, 0.29) is 0 Å². The normalized spacial score (nSPS) is 12.2. The molecule has 2 aromatic carbocycles. The van der Waals surface area contributed by atoms with Gasteiger partial charge in [0.05, 0.1) is 6.61 Å². The zero-order valence-electron chi connectivity index (χ0n) is 13.9. The number of aryl methyl sites for hydroxylation is 2. The highest BCUT2D eigenvalue weighted by atomic mass is 16.5. The summed E-state index contributed by atoms with van der Waals surface area (Å²) in [6, 6.07) is 15.2. The Morgan fingerprint density at radius 3 is 2.23 bits per heavy atom. The first-order chi connectivity index (χ1) is 10.7. The van der Waals surface area contributed by atoms with Gasteiger partial charge in [0.2, 0.25) is 0 Å². The van der Waals surface area contributed by atoms with Crippen molar-refractivity contribution in [2.24, 2.45) is 5.73 Å². The third-order valence-electron chi connectivity index (χ3n) is 4.19. The standard InChI is InChI=1S/C20H27NO/c1-4-16-6-8-17(9-7-16)13-18(14-21)20-11-10-19(22-5-2)12-15(20)3/h6-12,18H,4-5,13-14,21H2,1-3H3. The van der Waals surface area contributed by atoms with Gasteiger partial charge in [-0.05, 0) is 67.6 Å². The van der Waals surface area contributed by atoms with E-state index in [2.05, 4.69) is 56.3 Å². The van der Waals surface area contributed by atoms with Crippen LogP contribution in [-0.4, -0.2) is 13.2 Å². The number of hydrogen-bond acceptors (Lipinski definition) is 2. The minimum atomic E-state index is 0.350. The summed E-state index contributed by atoms with van der Waals surface area (Å²) in [4.78, 5) is 0. The second-order valence-electron chi connectivity index (χ2n) is 5.76. The first-order valence-electron chi connectivity index (χ1n) is 8.19. The second kappa shape index (κ2) is 8.00. The summed E-state index contributed by atoms with van der Waals surface area (Å²) in [6.07, 6.45) is 2.06. The van der Waals surface area contributed by atoms with Gasteiger partial charge in [0.25, 0.3) is 0 Å². The highest BCUT2D eigenvalue weighted by Gasteiger charge is 2.14. The van der Waals surface area contributed by atoms with E-state index >= 15 is 0 Å². The van der Waals surface area contributed by atoms with Crippen molar-refractivity contribution in [3.8, 4) is 5.75 Å². The maximum absolute atomic E-state index is 6.04. The van der Waals surface area contributed by atoms with E-state index in [0.717, 1.165) is 18.6 Å². The molecule has 0 aliphatic heterocycles. The van der Waals surface area contributed by atoms with Gasteiger partial charge in [-0.15, -0.1) is 0 Å². The fourth-order valence-electron chi connectivity index (χ4n) is 2.88. The maximum atomic E-state index is 6.04. The Morgan fingerprint density at radius 1 is 1.00 bits per heavy atom. The lowest BCUT2D eigenvalue weighted by atomic mass is 9.89. The molecular formula is C20H27NO. The monoisotopic (exact) mass is 297 g/mol. The molecule has 2 aromatic rings. The first-order valence-corrected chi connectivity index (χ1v) is 8.19. The molecule has 0 saturated heterocycles. The number of ether oxygens (including phenoxy) is 1. The summed E-state index contributed by atoms with van der Waals surface area (Å²) in [5.41, 5.74) is 11.4. The van der Waals surface area contributed by atoms with Gasteiger partial charge < -0.3 is 10.5 Å². The van der Waals surface area contributed by atoms with E-state index in [1.807, 2.05) is 6.92 Å². The molecule has 0 radical (unpaired) electrons. The molecule has 2 heteroatoms. The molecule has 0 saturated carbocycles. The summed E-state index contributed by atoms with van der Waals surface area (Å²) < 4.78 is 5.57. The van der Waals surface area contributed by atoms with E-state index in [9.17, 15) is 0 Å². The van der Waals surface area contributed by atoms with E-state index in [0.29, 0.717) is 19.1 Å². The molecule has 0 amide bonds. The Hall–Kier alpha value is -1.80. The van der Waals surface area contributed by atoms with Crippen molar-refractivity contribution in [2.45, 2.75) is 39.5 Å². The van der Waals surface area contributed by atoms with Crippen molar-refractivity contribution >= 4 is 0 Å². The predicted octanol–water partition coefficient (Wildman–Crippen LogP) is 4.24. The Morgan fingerprint density at radius 2 is 1.68 bits per heavy atom. The molecule has 22 heavy (non-hydrogen) atoms. The van der Waals surface area contributed by atoms with Crippen molar-refractivity contribution in [3.05, 3.63) is 64.7 Å². The van der Waals surface area contributed by atoms with Crippen molar-refractivity contribution in [3.63, 3.8) is 0 Å². The molecule has 0 aliphatic rings. The van der Waals surface area contributed by atoms with Crippen molar-refractivity contribution in [1.82, 2.24) is 0 Å². The smallest absolute Gasteiger partial charge is 0.119 e. The lowest BCUT2D eigenvalue weighted by molar-refractivity contribution is 0.340. The van der Waals surface area contributed by atoms with Crippen LogP contribution < -0.4 is 10.5 Å². The largest absolute Gasteiger partial charge is 0.494 e. The van der Waals surface area contributed by atoms with Gasteiger partial charge in [0.15, 0.2) is 0 Å². The van der Waals surface area contributed by atoms with Crippen molar-refractivity contribution in [2.75, 3.05) is 13.2 Å². The molecule has 0 spiro atoms. The van der Waals surface area contributed by atoms with Gasteiger partial charge in [0.1, 0.15) is 5.75 Å². The zero-order chi connectivity index (χ0) is 15.9. The van der Waals surface area contributed by atoms with Gasteiger partial charge in [-0.3, -0.25) is 0 Å². The van der Waals surface area contributed by atoms with E-state index in [4.69, 9.17) is 10.5 Å². The summed E-state index contributed by atoms with van der Waals surface area (Å²) in [5, 5.41) is 0. The van der Waals surface area contributed by atoms with Crippen molar-refractivity contribution in [1.29, 1.82) is 0 Å². The van der Waals surface area contributed by atoms with Crippen LogP contribution in [0.1, 0.15) is 42.0 Å². The van der Waals surface area contributed by atoms with Crippen LogP contribution in [0.4, 0.5) is 0 Å². The average molecular weight is 297 g/mol. The zero-order valence-corrected chi connectivity index (χ0v) is 13.9. The molecule has 2 N–H and O–H groups in total. The van der Waals surface area contributed by atoms with Gasteiger partial charge in [-0.1, -0.05) is 37.3 Å². The van der Waals surface area contributed by atoms with Crippen LogP contribution in [0.25, 0.3) is 0 Å². The number of benzene rings is 2. The Labute approximate surface area is 134 Å². The molecular weight excluding hydrogens is 270 g/mol. The minimum Gasteiger partial charge on any atom is -0.494 e. The molecule has 0 fully saturated rings. The molecule has 0 heterocycles. The van der Waals surface area contributed by atoms with Crippen molar-refractivity contribution < 1.29 is 4.74 Å². The fourth-order valence-corrected chi connectivity index (χ4v) is 2.88. The molecule has 0 aliphatic carbocycles. The van der Waals surface area contributed by atoms with Crippen LogP contribution in [0, 0.1) is 6.92 Å². The highest BCUT2D eigenvalue weighted by Crippen LogP contribution is 2.26. The SMILES string of the molecule is CCOc1ccc(C(CN)Cc2ccc(CC)cc2)c(C)c1. The van der Waals surface area contributed by atoms with Crippen LogP contribution in [0.2, 0.25) is 0 Å². The molecule has 0 bridgehead atoms. The quantitative estimate of drug-likeness (QED) is 0.829.